The van der Waals surface area contributed by atoms with Crippen LogP contribution in [0, 0.1) is 0 Å². The fourth-order valence-corrected chi connectivity index (χ4v) is 5.07. The summed E-state index contributed by atoms with van der Waals surface area (Å²) in [6, 6.07) is 9.15. The molecular formula is C41H56O10. The second kappa shape index (κ2) is 26.1. The van der Waals surface area contributed by atoms with Gasteiger partial charge >= 0.3 is 17.9 Å². The van der Waals surface area contributed by atoms with Gasteiger partial charge in [-0.05, 0) is 79.6 Å². The van der Waals surface area contributed by atoms with Gasteiger partial charge < -0.3 is 33.9 Å². The van der Waals surface area contributed by atoms with Gasteiger partial charge in [-0.25, -0.2) is 9.59 Å². The molecule has 0 amide bonds. The van der Waals surface area contributed by atoms with E-state index in [9.17, 15) is 24.6 Å². The Morgan fingerprint density at radius 3 is 1.69 bits per heavy atom. The normalized spacial score (nSPS) is 12.0. The second-order valence-electron chi connectivity index (χ2n) is 12.2. The molecule has 0 aliphatic carbocycles. The minimum absolute atomic E-state index is 0.0349. The highest BCUT2D eigenvalue weighted by atomic mass is 16.6. The molecule has 1 atom stereocenters. The summed E-state index contributed by atoms with van der Waals surface area (Å²) in [6.07, 6.45) is 24.1. The molecule has 0 heterocycles. The average Bonchev–Trinajstić information content (AvgIpc) is 3.13. The molecular weight excluding hydrogens is 652 g/mol. The van der Waals surface area contributed by atoms with E-state index in [0.717, 1.165) is 38.5 Å². The molecule has 0 bridgehead atoms. The van der Waals surface area contributed by atoms with Crippen LogP contribution in [0.2, 0.25) is 0 Å². The van der Waals surface area contributed by atoms with Crippen molar-refractivity contribution in [3.8, 4) is 23.0 Å². The van der Waals surface area contributed by atoms with E-state index >= 15 is 0 Å². The SMILES string of the molecule is CCCCCCCCC=CCCCCCCCC(=O)OC[C@@H](COC(=O)C=Cc1ccc(O)c(OC)c1)OC(=O)C=Cc1ccc(O)c(OC)c1. The van der Waals surface area contributed by atoms with Crippen LogP contribution in [0.25, 0.3) is 12.2 Å². The molecule has 0 spiro atoms. The van der Waals surface area contributed by atoms with Gasteiger partial charge in [-0.15, -0.1) is 0 Å². The van der Waals surface area contributed by atoms with Crippen molar-refractivity contribution in [2.24, 2.45) is 0 Å². The number of ether oxygens (including phenoxy) is 5. The highest BCUT2D eigenvalue weighted by Crippen LogP contribution is 2.27. The predicted octanol–water partition coefficient (Wildman–Crippen LogP) is 8.88. The largest absolute Gasteiger partial charge is 0.504 e. The van der Waals surface area contributed by atoms with Gasteiger partial charge in [-0.3, -0.25) is 4.79 Å². The summed E-state index contributed by atoms with van der Waals surface area (Å²) in [5.74, 6) is -1.47. The number of carbonyl (C=O) groups excluding carboxylic acids is 3. The minimum atomic E-state index is -1.05. The Bertz CT molecular complexity index is 1410. The number of unbranched alkanes of at least 4 members (excludes halogenated alkanes) is 11. The number of phenols is 2. The van der Waals surface area contributed by atoms with Gasteiger partial charge in [-0.2, -0.15) is 0 Å². The Hall–Kier alpha value is -4.73. The number of carbonyl (C=O) groups is 3. The lowest BCUT2D eigenvalue weighted by molar-refractivity contribution is -0.162. The maximum Gasteiger partial charge on any atom is 0.331 e. The Kier molecular flexibility index (Phi) is 21.7. The Labute approximate surface area is 303 Å². The van der Waals surface area contributed by atoms with Crippen molar-refractivity contribution >= 4 is 30.1 Å². The highest BCUT2D eigenvalue weighted by Gasteiger charge is 2.18. The molecule has 0 saturated carbocycles. The number of hydrogen-bond acceptors (Lipinski definition) is 10. The molecule has 0 radical (unpaired) electrons. The van der Waals surface area contributed by atoms with Crippen LogP contribution in [0.4, 0.5) is 0 Å². The standard InChI is InChI=1S/C41H56O10/c1-4-5-6-7-8-9-10-11-12-13-14-15-16-17-18-19-39(44)49-30-34(51-41(46)27-23-33-21-25-36(43)38(29-33)48-3)31-50-40(45)26-22-32-20-24-35(42)37(28-32)47-2/h11-12,20-29,34,42-43H,4-10,13-19,30-31H2,1-3H3/t34-/m0/s1. The molecule has 2 aromatic carbocycles. The molecule has 10 heteroatoms. The van der Waals surface area contributed by atoms with E-state index in [1.54, 1.807) is 24.3 Å². The summed E-state index contributed by atoms with van der Waals surface area (Å²) < 4.78 is 26.3. The summed E-state index contributed by atoms with van der Waals surface area (Å²) in [6.45, 7) is 1.60. The number of allylic oxidation sites excluding steroid dienone is 2. The number of methoxy groups -OCH3 is 2. The van der Waals surface area contributed by atoms with Crippen LogP contribution >= 0.6 is 0 Å². The number of benzene rings is 2. The van der Waals surface area contributed by atoms with Crippen LogP contribution in [0.15, 0.2) is 60.7 Å². The van der Waals surface area contributed by atoms with Gasteiger partial charge in [0, 0.05) is 18.6 Å². The van der Waals surface area contributed by atoms with Crippen molar-refractivity contribution in [2.75, 3.05) is 27.4 Å². The third-order valence-electron chi connectivity index (χ3n) is 8.00. The Balaban J connectivity index is 1.79. The van der Waals surface area contributed by atoms with E-state index in [4.69, 9.17) is 23.7 Å². The summed E-state index contributed by atoms with van der Waals surface area (Å²) in [5, 5.41) is 19.6. The molecule has 0 saturated heterocycles. The van der Waals surface area contributed by atoms with Gasteiger partial charge in [-0.1, -0.05) is 82.6 Å². The topological polar surface area (TPSA) is 138 Å². The first-order valence-corrected chi connectivity index (χ1v) is 18.0. The zero-order valence-corrected chi connectivity index (χ0v) is 30.5. The molecule has 0 aromatic heterocycles. The van der Waals surface area contributed by atoms with Crippen LogP contribution in [-0.4, -0.2) is 61.7 Å². The van der Waals surface area contributed by atoms with Crippen molar-refractivity contribution < 1.29 is 48.3 Å². The van der Waals surface area contributed by atoms with Crippen molar-refractivity contribution in [3.05, 3.63) is 71.8 Å². The van der Waals surface area contributed by atoms with Crippen LogP contribution in [0.5, 0.6) is 23.0 Å². The van der Waals surface area contributed by atoms with E-state index in [0.29, 0.717) is 17.5 Å². The third kappa shape index (κ3) is 19.3. The van der Waals surface area contributed by atoms with E-state index in [1.165, 1.54) is 89.2 Å². The summed E-state index contributed by atoms with van der Waals surface area (Å²) in [5.41, 5.74) is 1.16. The van der Waals surface area contributed by atoms with Crippen molar-refractivity contribution in [2.45, 2.75) is 103 Å². The van der Waals surface area contributed by atoms with Crippen LogP contribution in [0.3, 0.4) is 0 Å². The predicted molar refractivity (Wildman–Crippen MR) is 199 cm³/mol. The number of aromatic hydroxyl groups is 2. The first kappa shape index (κ1) is 42.4. The number of esters is 3. The van der Waals surface area contributed by atoms with Crippen LogP contribution in [-0.2, 0) is 28.6 Å². The zero-order valence-electron chi connectivity index (χ0n) is 30.5. The second-order valence-corrected chi connectivity index (χ2v) is 12.2. The molecule has 2 rings (SSSR count). The van der Waals surface area contributed by atoms with E-state index < -0.39 is 24.0 Å². The summed E-state index contributed by atoms with van der Waals surface area (Å²) in [4.78, 5) is 37.6. The molecule has 2 aromatic rings. The lowest BCUT2D eigenvalue weighted by atomic mass is 10.1. The zero-order chi connectivity index (χ0) is 37.1. The van der Waals surface area contributed by atoms with Gasteiger partial charge in [0.25, 0.3) is 0 Å². The lowest BCUT2D eigenvalue weighted by Crippen LogP contribution is -2.30. The average molecular weight is 709 g/mol. The number of rotatable bonds is 26. The highest BCUT2D eigenvalue weighted by molar-refractivity contribution is 5.88. The minimum Gasteiger partial charge on any atom is -0.504 e. The molecule has 0 unspecified atom stereocenters. The van der Waals surface area contributed by atoms with Gasteiger partial charge in [0.15, 0.2) is 29.1 Å². The fraction of sp³-hybridized carbons (Fsp3) is 0.488. The third-order valence-corrected chi connectivity index (χ3v) is 8.00. The smallest absolute Gasteiger partial charge is 0.331 e. The van der Waals surface area contributed by atoms with E-state index in [-0.39, 0.29) is 42.6 Å². The molecule has 2 N–H and O–H groups in total. The lowest BCUT2D eigenvalue weighted by Gasteiger charge is -2.17. The maximum atomic E-state index is 12.6. The maximum absolute atomic E-state index is 12.6. The molecule has 51 heavy (non-hydrogen) atoms. The first-order chi connectivity index (χ1) is 24.7. The molecule has 280 valence electrons. The molecule has 0 aliphatic rings. The van der Waals surface area contributed by atoms with Gasteiger partial charge in [0.2, 0.25) is 0 Å². The van der Waals surface area contributed by atoms with Crippen molar-refractivity contribution in [1.29, 1.82) is 0 Å². The van der Waals surface area contributed by atoms with Crippen LogP contribution < -0.4 is 9.47 Å². The van der Waals surface area contributed by atoms with Gasteiger partial charge in [0.1, 0.15) is 13.2 Å². The van der Waals surface area contributed by atoms with Gasteiger partial charge in [0.05, 0.1) is 14.2 Å². The van der Waals surface area contributed by atoms with Crippen LogP contribution in [0.1, 0.15) is 108 Å². The van der Waals surface area contributed by atoms with E-state index in [1.807, 2.05) is 0 Å². The monoisotopic (exact) mass is 708 g/mol. The van der Waals surface area contributed by atoms with Crippen molar-refractivity contribution in [1.82, 2.24) is 0 Å². The molecule has 0 aliphatic heterocycles. The Morgan fingerprint density at radius 1 is 0.647 bits per heavy atom. The number of phenolic OH excluding ortho intramolecular Hbond substituents is 2. The molecule has 0 fully saturated rings. The first-order valence-electron chi connectivity index (χ1n) is 18.0. The van der Waals surface area contributed by atoms with Crippen molar-refractivity contribution in [3.63, 3.8) is 0 Å². The quantitative estimate of drug-likeness (QED) is 0.0320. The number of hydrogen-bond donors (Lipinski definition) is 2. The summed E-state index contributed by atoms with van der Waals surface area (Å²) in [7, 11) is 2.83. The van der Waals surface area contributed by atoms with E-state index in [2.05, 4.69) is 19.1 Å². The Morgan fingerprint density at radius 2 is 1.14 bits per heavy atom. The fourth-order valence-electron chi connectivity index (χ4n) is 5.07. The molecule has 10 nitrogen and oxygen atoms in total. The summed E-state index contributed by atoms with van der Waals surface area (Å²) >= 11 is 0.